The Kier molecular flexibility index (Phi) is 3.23. The standard InChI is InChI=1S/C10H14N6/c1-16-6-8(5-14-16)4-10(15-11)9-2-3-12-7-13-9/h2-3,5-7,10,15H,4,11H2,1H3. The van der Waals surface area contributed by atoms with Gasteiger partial charge in [-0.3, -0.25) is 16.0 Å². The smallest absolute Gasteiger partial charge is 0.115 e. The number of rotatable bonds is 4. The fourth-order valence-electron chi connectivity index (χ4n) is 1.57. The summed E-state index contributed by atoms with van der Waals surface area (Å²) in [6.45, 7) is 0. The molecule has 16 heavy (non-hydrogen) atoms. The lowest BCUT2D eigenvalue weighted by molar-refractivity contribution is 0.537. The number of hydrazine groups is 1. The van der Waals surface area contributed by atoms with Gasteiger partial charge in [0, 0.05) is 19.4 Å². The number of aryl methyl sites for hydroxylation is 1. The van der Waals surface area contributed by atoms with E-state index in [4.69, 9.17) is 5.84 Å². The van der Waals surface area contributed by atoms with Gasteiger partial charge in [-0.1, -0.05) is 0 Å². The third-order valence-electron chi connectivity index (χ3n) is 2.36. The summed E-state index contributed by atoms with van der Waals surface area (Å²) in [4.78, 5) is 8.05. The summed E-state index contributed by atoms with van der Waals surface area (Å²) in [6.07, 6.45) is 7.76. The van der Waals surface area contributed by atoms with E-state index in [0.717, 1.165) is 17.7 Å². The Bertz CT molecular complexity index is 438. The van der Waals surface area contributed by atoms with E-state index in [1.165, 1.54) is 6.33 Å². The van der Waals surface area contributed by atoms with Crippen LogP contribution in [0, 0.1) is 0 Å². The van der Waals surface area contributed by atoms with E-state index < -0.39 is 0 Å². The van der Waals surface area contributed by atoms with Gasteiger partial charge in [0.2, 0.25) is 0 Å². The van der Waals surface area contributed by atoms with Crippen LogP contribution in [0.15, 0.2) is 31.0 Å². The molecule has 0 bridgehead atoms. The first-order valence-electron chi connectivity index (χ1n) is 4.99. The fourth-order valence-corrected chi connectivity index (χ4v) is 1.57. The van der Waals surface area contributed by atoms with E-state index in [1.807, 2.05) is 25.5 Å². The maximum atomic E-state index is 5.52. The normalized spacial score (nSPS) is 12.6. The Morgan fingerprint density at radius 2 is 2.44 bits per heavy atom. The number of nitrogens with two attached hydrogens (primary N) is 1. The molecule has 1 unspecified atom stereocenters. The van der Waals surface area contributed by atoms with E-state index in [-0.39, 0.29) is 6.04 Å². The van der Waals surface area contributed by atoms with Crippen LogP contribution in [0.4, 0.5) is 0 Å². The van der Waals surface area contributed by atoms with Gasteiger partial charge in [-0.15, -0.1) is 0 Å². The average molecular weight is 218 g/mol. The van der Waals surface area contributed by atoms with Crippen LogP contribution in [0.2, 0.25) is 0 Å². The van der Waals surface area contributed by atoms with Crippen molar-refractivity contribution in [2.45, 2.75) is 12.5 Å². The summed E-state index contributed by atoms with van der Waals surface area (Å²) in [6, 6.07) is 1.83. The summed E-state index contributed by atoms with van der Waals surface area (Å²) < 4.78 is 1.77. The highest BCUT2D eigenvalue weighted by Crippen LogP contribution is 2.14. The molecule has 0 aromatic carbocycles. The summed E-state index contributed by atoms with van der Waals surface area (Å²) in [5, 5.41) is 4.11. The molecule has 0 aliphatic rings. The topological polar surface area (TPSA) is 81.7 Å². The van der Waals surface area contributed by atoms with Crippen molar-refractivity contribution in [3.05, 3.63) is 42.2 Å². The first-order chi connectivity index (χ1) is 7.79. The van der Waals surface area contributed by atoms with Crippen molar-refractivity contribution >= 4 is 0 Å². The van der Waals surface area contributed by atoms with E-state index >= 15 is 0 Å². The minimum atomic E-state index is -0.0211. The lowest BCUT2D eigenvalue weighted by Crippen LogP contribution is -2.30. The van der Waals surface area contributed by atoms with Gasteiger partial charge in [-0.25, -0.2) is 9.97 Å². The summed E-state index contributed by atoms with van der Waals surface area (Å²) >= 11 is 0. The van der Waals surface area contributed by atoms with E-state index in [9.17, 15) is 0 Å². The number of nitrogens with one attached hydrogen (secondary N) is 1. The Morgan fingerprint density at radius 3 is 3.00 bits per heavy atom. The van der Waals surface area contributed by atoms with E-state index in [1.54, 1.807) is 10.9 Å². The van der Waals surface area contributed by atoms with Gasteiger partial charge in [0.05, 0.1) is 17.9 Å². The van der Waals surface area contributed by atoms with E-state index in [0.29, 0.717) is 0 Å². The zero-order valence-corrected chi connectivity index (χ0v) is 9.04. The van der Waals surface area contributed by atoms with Crippen molar-refractivity contribution in [3.8, 4) is 0 Å². The highest BCUT2D eigenvalue weighted by molar-refractivity contribution is 5.12. The minimum Gasteiger partial charge on any atom is -0.276 e. The predicted molar refractivity (Wildman–Crippen MR) is 59.0 cm³/mol. The number of aromatic nitrogens is 4. The number of hydrogen-bond donors (Lipinski definition) is 2. The van der Waals surface area contributed by atoms with Gasteiger partial charge < -0.3 is 0 Å². The molecule has 2 rings (SSSR count). The third-order valence-corrected chi connectivity index (χ3v) is 2.36. The Balaban J connectivity index is 2.12. The SMILES string of the molecule is Cn1cc(CC(NN)c2ccncn2)cn1. The van der Waals surface area contributed by atoms with Crippen LogP contribution in [0.5, 0.6) is 0 Å². The second-order valence-corrected chi connectivity index (χ2v) is 3.58. The maximum absolute atomic E-state index is 5.52. The van der Waals surface area contributed by atoms with Crippen LogP contribution in [-0.2, 0) is 13.5 Å². The molecule has 0 fully saturated rings. The molecular weight excluding hydrogens is 204 g/mol. The first-order valence-corrected chi connectivity index (χ1v) is 4.99. The molecule has 1 atom stereocenters. The van der Waals surface area contributed by atoms with Crippen molar-refractivity contribution in [1.82, 2.24) is 25.2 Å². The van der Waals surface area contributed by atoms with E-state index in [2.05, 4.69) is 20.5 Å². The van der Waals surface area contributed by atoms with Gasteiger partial charge in [-0.2, -0.15) is 5.10 Å². The molecule has 0 saturated heterocycles. The lowest BCUT2D eigenvalue weighted by Gasteiger charge is -2.13. The lowest BCUT2D eigenvalue weighted by atomic mass is 10.1. The Labute approximate surface area is 93.5 Å². The summed E-state index contributed by atoms with van der Waals surface area (Å²) in [5.41, 5.74) is 4.74. The minimum absolute atomic E-state index is 0.0211. The van der Waals surface area contributed by atoms with Crippen LogP contribution < -0.4 is 11.3 Å². The molecule has 6 nitrogen and oxygen atoms in total. The molecule has 0 amide bonds. The van der Waals surface area contributed by atoms with Crippen LogP contribution in [0.25, 0.3) is 0 Å². The van der Waals surface area contributed by atoms with Crippen molar-refractivity contribution in [1.29, 1.82) is 0 Å². The monoisotopic (exact) mass is 218 g/mol. The molecule has 0 aliphatic heterocycles. The van der Waals surface area contributed by atoms with Gasteiger partial charge in [0.1, 0.15) is 6.33 Å². The summed E-state index contributed by atoms with van der Waals surface area (Å²) in [7, 11) is 1.89. The largest absolute Gasteiger partial charge is 0.276 e. The highest BCUT2D eigenvalue weighted by atomic mass is 15.2. The molecule has 0 spiro atoms. The first kappa shape index (κ1) is 10.7. The van der Waals surface area contributed by atoms with Crippen LogP contribution in [-0.4, -0.2) is 19.7 Å². The number of hydrogen-bond acceptors (Lipinski definition) is 5. The molecular formula is C10H14N6. The van der Waals surface area contributed by atoms with Crippen molar-refractivity contribution in [2.75, 3.05) is 0 Å². The van der Waals surface area contributed by atoms with Crippen molar-refractivity contribution in [2.24, 2.45) is 12.9 Å². The molecule has 6 heteroatoms. The zero-order chi connectivity index (χ0) is 11.4. The second-order valence-electron chi connectivity index (χ2n) is 3.58. The van der Waals surface area contributed by atoms with Crippen LogP contribution in [0.1, 0.15) is 17.3 Å². The zero-order valence-electron chi connectivity index (χ0n) is 9.04. The van der Waals surface area contributed by atoms with Gasteiger partial charge in [-0.05, 0) is 18.1 Å². The number of nitrogens with zero attached hydrogens (tertiary/aromatic N) is 4. The third kappa shape index (κ3) is 2.41. The molecule has 3 N–H and O–H groups in total. The fraction of sp³-hybridized carbons (Fsp3) is 0.300. The van der Waals surface area contributed by atoms with Crippen LogP contribution in [0.3, 0.4) is 0 Å². The molecule has 0 aliphatic carbocycles. The molecule has 84 valence electrons. The maximum Gasteiger partial charge on any atom is 0.115 e. The Morgan fingerprint density at radius 1 is 1.56 bits per heavy atom. The average Bonchev–Trinajstić information content (AvgIpc) is 2.73. The second kappa shape index (κ2) is 4.82. The predicted octanol–water partition coefficient (Wildman–Crippen LogP) is -0.0428. The highest BCUT2D eigenvalue weighted by Gasteiger charge is 2.12. The van der Waals surface area contributed by atoms with Gasteiger partial charge in [0.25, 0.3) is 0 Å². The molecule has 2 aromatic rings. The summed E-state index contributed by atoms with van der Waals surface area (Å²) in [5.74, 6) is 5.52. The molecule has 2 aromatic heterocycles. The van der Waals surface area contributed by atoms with Crippen LogP contribution >= 0.6 is 0 Å². The Hall–Kier alpha value is -1.79. The molecule has 0 saturated carbocycles. The van der Waals surface area contributed by atoms with Gasteiger partial charge >= 0.3 is 0 Å². The molecule has 0 radical (unpaired) electrons. The van der Waals surface area contributed by atoms with Crippen molar-refractivity contribution in [3.63, 3.8) is 0 Å². The quantitative estimate of drug-likeness (QED) is 0.555. The molecule has 2 heterocycles. The van der Waals surface area contributed by atoms with Gasteiger partial charge in [0.15, 0.2) is 0 Å². The van der Waals surface area contributed by atoms with Crippen molar-refractivity contribution < 1.29 is 0 Å².